The van der Waals surface area contributed by atoms with Crippen LogP contribution >= 0.6 is 31.9 Å². The van der Waals surface area contributed by atoms with Crippen LogP contribution in [-0.2, 0) is 0 Å². The van der Waals surface area contributed by atoms with Crippen molar-refractivity contribution in [1.29, 1.82) is 0 Å². The zero-order chi connectivity index (χ0) is 14.0. The molecule has 3 N–H and O–H groups in total. The molecule has 3 nitrogen and oxygen atoms in total. The normalized spacial score (nSPS) is 12.2. The Morgan fingerprint density at radius 3 is 2.47 bits per heavy atom. The van der Waals surface area contributed by atoms with Gasteiger partial charge in [0.05, 0.1) is 11.7 Å². The Morgan fingerprint density at radius 1 is 1.05 bits per heavy atom. The molecule has 0 saturated carbocycles. The number of rotatable bonds is 3. The fourth-order valence-corrected chi connectivity index (χ4v) is 2.54. The van der Waals surface area contributed by atoms with Crippen molar-refractivity contribution in [2.75, 3.05) is 5.32 Å². The Morgan fingerprint density at radius 2 is 1.79 bits per heavy atom. The molecule has 0 fully saturated rings. The van der Waals surface area contributed by atoms with Gasteiger partial charge in [0.1, 0.15) is 11.5 Å². The molecule has 0 amide bonds. The Bertz CT molecular complexity index is 602. The monoisotopic (exact) mass is 385 g/mol. The van der Waals surface area contributed by atoms with E-state index in [9.17, 15) is 10.2 Å². The van der Waals surface area contributed by atoms with Crippen molar-refractivity contribution in [2.45, 2.75) is 13.0 Å². The van der Waals surface area contributed by atoms with Crippen LogP contribution in [0.5, 0.6) is 11.5 Å². The van der Waals surface area contributed by atoms with E-state index in [0.29, 0.717) is 0 Å². The lowest BCUT2D eigenvalue weighted by Gasteiger charge is -2.18. The van der Waals surface area contributed by atoms with Crippen molar-refractivity contribution >= 4 is 37.5 Å². The first-order chi connectivity index (χ1) is 8.97. The molecule has 2 aromatic carbocycles. The second kappa shape index (κ2) is 5.84. The Hall–Kier alpha value is -1.20. The maximum atomic E-state index is 9.84. The second-order valence-electron chi connectivity index (χ2n) is 4.23. The molecule has 0 radical (unpaired) electrons. The standard InChI is InChI=1S/C14H13Br2NO2/c1-8(11-4-3-10(18)7-14(11)19)17-13-6-9(15)2-5-12(13)16/h2-8,17-19H,1H3. The lowest BCUT2D eigenvalue weighted by Crippen LogP contribution is -2.07. The summed E-state index contributed by atoms with van der Waals surface area (Å²) < 4.78 is 1.92. The van der Waals surface area contributed by atoms with Gasteiger partial charge in [-0.2, -0.15) is 0 Å². The van der Waals surface area contributed by atoms with E-state index in [1.165, 1.54) is 6.07 Å². The summed E-state index contributed by atoms with van der Waals surface area (Å²) in [5.74, 6) is 0.128. The summed E-state index contributed by atoms with van der Waals surface area (Å²) in [5.41, 5.74) is 1.65. The summed E-state index contributed by atoms with van der Waals surface area (Å²) in [5, 5.41) is 22.4. The number of nitrogens with one attached hydrogen (secondary N) is 1. The van der Waals surface area contributed by atoms with Gasteiger partial charge in [-0.25, -0.2) is 0 Å². The van der Waals surface area contributed by atoms with E-state index < -0.39 is 0 Å². The molecule has 1 unspecified atom stereocenters. The number of anilines is 1. The van der Waals surface area contributed by atoms with Gasteiger partial charge in [0.15, 0.2) is 0 Å². The number of phenols is 2. The topological polar surface area (TPSA) is 52.5 Å². The molecule has 100 valence electrons. The minimum absolute atomic E-state index is 0.0529. The van der Waals surface area contributed by atoms with Gasteiger partial charge in [0, 0.05) is 20.6 Å². The van der Waals surface area contributed by atoms with E-state index in [4.69, 9.17) is 0 Å². The van der Waals surface area contributed by atoms with Crippen LogP contribution in [0.15, 0.2) is 45.3 Å². The van der Waals surface area contributed by atoms with E-state index in [1.54, 1.807) is 12.1 Å². The molecule has 5 heteroatoms. The minimum Gasteiger partial charge on any atom is -0.508 e. The fourth-order valence-electron chi connectivity index (χ4n) is 1.82. The van der Waals surface area contributed by atoms with E-state index in [1.807, 2.05) is 25.1 Å². The molecule has 0 aromatic heterocycles. The largest absolute Gasteiger partial charge is 0.508 e. The van der Waals surface area contributed by atoms with Crippen LogP contribution in [0.4, 0.5) is 5.69 Å². The number of phenolic OH excluding ortho intramolecular Hbond substituents is 2. The summed E-state index contributed by atoms with van der Waals surface area (Å²) in [6, 6.07) is 10.3. The predicted molar refractivity (Wildman–Crippen MR) is 83.7 cm³/mol. The lowest BCUT2D eigenvalue weighted by atomic mass is 10.1. The fraction of sp³-hybridized carbons (Fsp3) is 0.143. The Labute approximate surface area is 128 Å². The number of hydrogen-bond acceptors (Lipinski definition) is 3. The first-order valence-electron chi connectivity index (χ1n) is 5.71. The quantitative estimate of drug-likeness (QED) is 0.710. The maximum Gasteiger partial charge on any atom is 0.124 e. The van der Waals surface area contributed by atoms with Crippen molar-refractivity contribution in [2.24, 2.45) is 0 Å². The summed E-state index contributed by atoms with van der Waals surface area (Å²) in [7, 11) is 0. The molecule has 0 saturated heterocycles. The highest BCUT2D eigenvalue weighted by atomic mass is 79.9. The van der Waals surface area contributed by atoms with Crippen molar-refractivity contribution in [3.63, 3.8) is 0 Å². The SMILES string of the molecule is CC(Nc1cc(Br)ccc1Br)c1ccc(O)cc1O. The highest BCUT2D eigenvalue weighted by molar-refractivity contribution is 9.11. The van der Waals surface area contributed by atoms with E-state index in [0.717, 1.165) is 20.2 Å². The predicted octanol–water partition coefficient (Wildman–Crippen LogP) is 4.80. The molecule has 0 aliphatic heterocycles. The van der Waals surface area contributed by atoms with E-state index >= 15 is 0 Å². The molecular weight excluding hydrogens is 374 g/mol. The van der Waals surface area contributed by atoms with E-state index in [2.05, 4.69) is 37.2 Å². The van der Waals surface area contributed by atoms with Crippen LogP contribution in [0.2, 0.25) is 0 Å². The summed E-state index contributed by atoms with van der Waals surface area (Å²) >= 11 is 6.90. The van der Waals surface area contributed by atoms with Crippen LogP contribution in [0, 0.1) is 0 Å². The lowest BCUT2D eigenvalue weighted by molar-refractivity contribution is 0.444. The molecule has 1 atom stereocenters. The van der Waals surface area contributed by atoms with Crippen LogP contribution < -0.4 is 5.32 Å². The van der Waals surface area contributed by atoms with Gasteiger partial charge in [-0.05, 0) is 53.2 Å². The molecule has 2 aromatic rings. The summed E-state index contributed by atoms with van der Waals surface area (Å²) in [6.07, 6.45) is 0. The molecule has 0 aliphatic carbocycles. The van der Waals surface area contributed by atoms with Gasteiger partial charge in [-0.15, -0.1) is 0 Å². The van der Waals surface area contributed by atoms with Crippen LogP contribution in [0.25, 0.3) is 0 Å². The van der Waals surface area contributed by atoms with Gasteiger partial charge in [0.25, 0.3) is 0 Å². The number of benzene rings is 2. The third kappa shape index (κ3) is 3.42. The van der Waals surface area contributed by atoms with Crippen molar-refractivity contribution in [3.05, 3.63) is 50.9 Å². The zero-order valence-corrected chi connectivity index (χ0v) is 13.4. The van der Waals surface area contributed by atoms with Crippen molar-refractivity contribution < 1.29 is 10.2 Å². The summed E-state index contributed by atoms with van der Waals surface area (Å²) in [4.78, 5) is 0. The Balaban J connectivity index is 2.25. The van der Waals surface area contributed by atoms with Gasteiger partial charge in [-0.1, -0.05) is 15.9 Å². The van der Waals surface area contributed by atoms with Crippen LogP contribution in [-0.4, -0.2) is 10.2 Å². The maximum absolute atomic E-state index is 9.84. The van der Waals surface area contributed by atoms with Gasteiger partial charge in [-0.3, -0.25) is 0 Å². The third-order valence-electron chi connectivity index (χ3n) is 2.78. The Kier molecular flexibility index (Phi) is 4.37. The molecule has 2 rings (SSSR count). The molecule has 0 aliphatic rings. The molecular formula is C14H13Br2NO2. The number of hydrogen-bond donors (Lipinski definition) is 3. The molecule has 0 heterocycles. The number of halogens is 2. The van der Waals surface area contributed by atoms with Crippen LogP contribution in [0.3, 0.4) is 0 Å². The minimum atomic E-state index is -0.0915. The smallest absolute Gasteiger partial charge is 0.124 e. The van der Waals surface area contributed by atoms with Gasteiger partial charge >= 0.3 is 0 Å². The molecule has 0 bridgehead atoms. The van der Waals surface area contributed by atoms with Gasteiger partial charge in [0.2, 0.25) is 0 Å². The van der Waals surface area contributed by atoms with Crippen molar-refractivity contribution in [3.8, 4) is 11.5 Å². The van der Waals surface area contributed by atoms with Gasteiger partial charge < -0.3 is 15.5 Å². The first-order valence-corrected chi connectivity index (χ1v) is 7.29. The second-order valence-corrected chi connectivity index (χ2v) is 6.00. The summed E-state index contributed by atoms with van der Waals surface area (Å²) in [6.45, 7) is 1.94. The number of aromatic hydroxyl groups is 2. The molecule has 19 heavy (non-hydrogen) atoms. The average Bonchev–Trinajstić information content (AvgIpc) is 2.33. The van der Waals surface area contributed by atoms with Crippen molar-refractivity contribution in [1.82, 2.24) is 0 Å². The third-order valence-corrected chi connectivity index (χ3v) is 3.97. The van der Waals surface area contributed by atoms with Crippen LogP contribution in [0.1, 0.15) is 18.5 Å². The average molecular weight is 387 g/mol. The first kappa shape index (κ1) is 14.2. The molecule has 0 spiro atoms. The highest BCUT2D eigenvalue weighted by Gasteiger charge is 2.12. The highest BCUT2D eigenvalue weighted by Crippen LogP contribution is 2.33. The zero-order valence-electron chi connectivity index (χ0n) is 10.2. The van der Waals surface area contributed by atoms with E-state index in [-0.39, 0.29) is 17.5 Å².